The lowest BCUT2D eigenvalue weighted by Crippen LogP contribution is -2.36. The Labute approximate surface area is 194 Å². The predicted molar refractivity (Wildman–Crippen MR) is 127 cm³/mol. The summed E-state index contributed by atoms with van der Waals surface area (Å²) in [6, 6.07) is 23.4. The van der Waals surface area contributed by atoms with Crippen molar-refractivity contribution in [3.8, 4) is 11.5 Å². The van der Waals surface area contributed by atoms with E-state index in [2.05, 4.69) is 5.32 Å². The first-order valence-electron chi connectivity index (χ1n) is 11.1. The molecule has 3 aromatic rings. The number of carbonyl (C=O) groups excluding carboxylic acids is 2. The summed E-state index contributed by atoms with van der Waals surface area (Å²) < 4.78 is 11.1. The second-order valence-corrected chi connectivity index (χ2v) is 8.05. The van der Waals surface area contributed by atoms with Gasteiger partial charge in [0.15, 0.2) is 6.61 Å². The number of hydrogen-bond donors (Lipinski definition) is 1. The van der Waals surface area contributed by atoms with Gasteiger partial charge in [0.2, 0.25) is 5.91 Å². The maximum absolute atomic E-state index is 13.1. The Kier molecular flexibility index (Phi) is 7.25. The molecule has 0 radical (unpaired) electrons. The number of fused-ring (bicyclic) bond motifs is 1. The molecule has 6 heteroatoms. The molecule has 0 saturated carbocycles. The van der Waals surface area contributed by atoms with E-state index < -0.39 is 0 Å². The van der Waals surface area contributed by atoms with Gasteiger partial charge in [-0.1, -0.05) is 42.5 Å². The zero-order valence-electron chi connectivity index (χ0n) is 18.8. The van der Waals surface area contributed by atoms with E-state index in [4.69, 9.17) is 9.47 Å². The Morgan fingerprint density at radius 3 is 2.45 bits per heavy atom. The summed E-state index contributed by atoms with van der Waals surface area (Å²) in [6.07, 6.45) is 1.88. The topological polar surface area (TPSA) is 67.9 Å². The average molecular weight is 445 g/mol. The molecule has 0 saturated heterocycles. The number of anilines is 1. The summed E-state index contributed by atoms with van der Waals surface area (Å²) in [5, 5.41) is 2.86. The Bertz CT molecular complexity index is 1100. The number of hydrogen-bond acceptors (Lipinski definition) is 4. The van der Waals surface area contributed by atoms with Crippen LogP contribution in [-0.2, 0) is 29.0 Å². The standard InChI is InChI=1S/C27H28N2O4/c1-32-23-10-7-20(8-11-23)15-16-29(18-21-5-3-2-4-6-21)27(31)19-33-24-12-13-25-22(17-24)9-14-26(30)28-25/h2-8,10-13,17H,9,14-16,18-19H2,1H3,(H,28,30). The van der Waals surface area contributed by atoms with Crippen LogP contribution in [0.5, 0.6) is 11.5 Å². The number of benzene rings is 3. The van der Waals surface area contributed by atoms with Crippen LogP contribution in [0.2, 0.25) is 0 Å². The maximum atomic E-state index is 13.1. The van der Waals surface area contributed by atoms with Gasteiger partial charge in [0.1, 0.15) is 11.5 Å². The van der Waals surface area contributed by atoms with Crippen LogP contribution in [0.3, 0.4) is 0 Å². The first-order chi connectivity index (χ1) is 16.1. The van der Waals surface area contributed by atoms with Crippen molar-refractivity contribution in [2.75, 3.05) is 25.6 Å². The maximum Gasteiger partial charge on any atom is 0.260 e. The Balaban J connectivity index is 1.40. The van der Waals surface area contributed by atoms with E-state index in [9.17, 15) is 9.59 Å². The van der Waals surface area contributed by atoms with Crippen LogP contribution in [0.25, 0.3) is 0 Å². The highest BCUT2D eigenvalue weighted by Gasteiger charge is 2.18. The van der Waals surface area contributed by atoms with E-state index >= 15 is 0 Å². The van der Waals surface area contributed by atoms with Crippen LogP contribution in [0.15, 0.2) is 72.8 Å². The molecule has 170 valence electrons. The summed E-state index contributed by atoms with van der Waals surface area (Å²) in [6.45, 7) is 1.07. The lowest BCUT2D eigenvalue weighted by atomic mass is 10.0. The fraction of sp³-hybridized carbons (Fsp3) is 0.259. The van der Waals surface area contributed by atoms with Gasteiger partial charge in [0.25, 0.3) is 5.91 Å². The summed E-state index contributed by atoms with van der Waals surface area (Å²) >= 11 is 0. The number of amides is 2. The fourth-order valence-corrected chi connectivity index (χ4v) is 3.84. The van der Waals surface area contributed by atoms with Gasteiger partial charge in [-0.15, -0.1) is 0 Å². The largest absolute Gasteiger partial charge is 0.497 e. The van der Waals surface area contributed by atoms with Crippen molar-refractivity contribution in [3.63, 3.8) is 0 Å². The number of nitrogens with one attached hydrogen (secondary N) is 1. The van der Waals surface area contributed by atoms with E-state index in [0.717, 1.165) is 34.5 Å². The molecule has 1 N–H and O–H groups in total. The fourth-order valence-electron chi connectivity index (χ4n) is 3.84. The second-order valence-electron chi connectivity index (χ2n) is 8.05. The second kappa shape index (κ2) is 10.7. The quantitative estimate of drug-likeness (QED) is 0.536. The molecule has 2 amide bonds. The van der Waals surface area contributed by atoms with Gasteiger partial charge < -0.3 is 19.7 Å². The number of nitrogens with zero attached hydrogens (tertiary/aromatic N) is 1. The first kappa shape index (κ1) is 22.4. The summed E-state index contributed by atoms with van der Waals surface area (Å²) in [5.41, 5.74) is 4.06. The third kappa shape index (κ3) is 6.13. The molecule has 0 atom stereocenters. The number of rotatable bonds is 9. The molecular formula is C27H28N2O4. The van der Waals surface area contributed by atoms with Crippen LogP contribution in [0, 0.1) is 0 Å². The molecule has 6 nitrogen and oxygen atoms in total. The van der Waals surface area contributed by atoms with Crippen molar-refractivity contribution >= 4 is 17.5 Å². The van der Waals surface area contributed by atoms with Crippen LogP contribution in [0.4, 0.5) is 5.69 Å². The monoisotopic (exact) mass is 444 g/mol. The third-order valence-corrected chi connectivity index (χ3v) is 5.73. The molecule has 1 heterocycles. The van der Waals surface area contributed by atoms with Crippen LogP contribution >= 0.6 is 0 Å². The van der Waals surface area contributed by atoms with Crippen molar-refractivity contribution in [1.29, 1.82) is 0 Å². The van der Waals surface area contributed by atoms with Crippen LogP contribution in [-0.4, -0.2) is 37.0 Å². The molecule has 0 aromatic heterocycles. The van der Waals surface area contributed by atoms with Crippen molar-refractivity contribution < 1.29 is 19.1 Å². The molecule has 0 aliphatic carbocycles. The molecule has 1 aliphatic heterocycles. The molecule has 0 fully saturated rings. The molecule has 1 aliphatic rings. The first-order valence-corrected chi connectivity index (χ1v) is 11.1. The Morgan fingerprint density at radius 1 is 0.939 bits per heavy atom. The van der Waals surface area contributed by atoms with Crippen molar-refractivity contribution in [2.45, 2.75) is 25.8 Å². The zero-order chi connectivity index (χ0) is 23.0. The molecule has 4 rings (SSSR count). The number of carbonyl (C=O) groups is 2. The SMILES string of the molecule is COc1ccc(CCN(Cc2ccccc2)C(=O)COc2ccc3c(c2)CCC(=O)N3)cc1. The van der Waals surface area contributed by atoms with Gasteiger partial charge in [0, 0.05) is 25.2 Å². The highest BCUT2D eigenvalue weighted by atomic mass is 16.5. The van der Waals surface area contributed by atoms with Crippen molar-refractivity contribution in [2.24, 2.45) is 0 Å². The van der Waals surface area contributed by atoms with Gasteiger partial charge in [-0.05, 0) is 59.9 Å². The van der Waals surface area contributed by atoms with E-state index in [1.807, 2.05) is 71.6 Å². The average Bonchev–Trinajstić information content (AvgIpc) is 2.86. The van der Waals surface area contributed by atoms with Crippen molar-refractivity contribution in [1.82, 2.24) is 4.90 Å². The van der Waals surface area contributed by atoms with E-state index in [1.54, 1.807) is 13.2 Å². The van der Waals surface area contributed by atoms with E-state index in [-0.39, 0.29) is 18.4 Å². The molecular weight excluding hydrogens is 416 g/mol. The lowest BCUT2D eigenvalue weighted by Gasteiger charge is -2.23. The highest BCUT2D eigenvalue weighted by molar-refractivity contribution is 5.94. The minimum absolute atomic E-state index is 0.0276. The van der Waals surface area contributed by atoms with Gasteiger partial charge in [0.05, 0.1) is 7.11 Å². The van der Waals surface area contributed by atoms with E-state index in [0.29, 0.717) is 31.7 Å². The minimum atomic E-state index is -0.0709. The summed E-state index contributed by atoms with van der Waals surface area (Å²) in [7, 11) is 1.65. The number of ether oxygens (including phenoxy) is 2. The molecule has 0 unspecified atom stereocenters. The lowest BCUT2D eigenvalue weighted by molar-refractivity contribution is -0.134. The third-order valence-electron chi connectivity index (χ3n) is 5.73. The Morgan fingerprint density at radius 2 is 1.70 bits per heavy atom. The summed E-state index contributed by atoms with van der Waals surface area (Å²) in [4.78, 5) is 26.5. The van der Waals surface area contributed by atoms with Gasteiger partial charge >= 0.3 is 0 Å². The van der Waals surface area contributed by atoms with Crippen LogP contribution < -0.4 is 14.8 Å². The molecule has 0 bridgehead atoms. The number of methoxy groups -OCH3 is 1. The highest BCUT2D eigenvalue weighted by Crippen LogP contribution is 2.26. The summed E-state index contributed by atoms with van der Waals surface area (Å²) in [5.74, 6) is 1.40. The predicted octanol–water partition coefficient (Wildman–Crippen LogP) is 4.23. The number of aryl methyl sites for hydroxylation is 1. The smallest absolute Gasteiger partial charge is 0.260 e. The van der Waals surface area contributed by atoms with E-state index in [1.165, 1.54) is 0 Å². The van der Waals surface area contributed by atoms with Gasteiger partial charge in [-0.25, -0.2) is 0 Å². The van der Waals surface area contributed by atoms with Gasteiger partial charge in [-0.3, -0.25) is 9.59 Å². The van der Waals surface area contributed by atoms with Gasteiger partial charge in [-0.2, -0.15) is 0 Å². The normalized spacial score (nSPS) is 12.5. The molecule has 3 aromatic carbocycles. The van der Waals surface area contributed by atoms with Crippen LogP contribution in [0.1, 0.15) is 23.1 Å². The van der Waals surface area contributed by atoms with Crippen molar-refractivity contribution in [3.05, 3.63) is 89.5 Å². The molecule has 0 spiro atoms. The zero-order valence-corrected chi connectivity index (χ0v) is 18.8. The Hall–Kier alpha value is -3.80. The molecule has 33 heavy (non-hydrogen) atoms. The minimum Gasteiger partial charge on any atom is -0.497 e.